The summed E-state index contributed by atoms with van der Waals surface area (Å²) in [5.41, 5.74) is 1.91. The summed E-state index contributed by atoms with van der Waals surface area (Å²) >= 11 is 5.07. The Morgan fingerprint density at radius 3 is 2.80 bits per heavy atom. The molecule has 1 atom stereocenters. The van der Waals surface area contributed by atoms with E-state index in [-0.39, 0.29) is 24.8 Å². The second-order valence-electron chi connectivity index (χ2n) is 5.78. The first kappa shape index (κ1) is 17.8. The first-order valence-electron chi connectivity index (χ1n) is 7.95. The van der Waals surface area contributed by atoms with Crippen LogP contribution in [0.4, 0.5) is 0 Å². The molecule has 0 bridgehead atoms. The van der Waals surface area contributed by atoms with Crippen LogP contribution in [-0.4, -0.2) is 27.7 Å². The smallest absolute Gasteiger partial charge is 0.303 e. The summed E-state index contributed by atoms with van der Waals surface area (Å²) in [6.07, 6.45) is 1.14. The molecule has 1 aliphatic rings. The van der Waals surface area contributed by atoms with Crippen molar-refractivity contribution in [2.75, 3.05) is 0 Å². The van der Waals surface area contributed by atoms with E-state index >= 15 is 0 Å². The van der Waals surface area contributed by atoms with Gasteiger partial charge in [0.2, 0.25) is 5.91 Å². The third kappa shape index (κ3) is 4.35. The number of hydrazone groups is 1. The molecule has 0 aliphatic carbocycles. The number of rotatable bonds is 6. The van der Waals surface area contributed by atoms with Gasteiger partial charge in [-0.2, -0.15) is 5.10 Å². The Hall–Kier alpha value is -1.99. The number of hydrogen-bond donors (Lipinski definition) is 1. The van der Waals surface area contributed by atoms with Gasteiger partial charge in [-0.15, -0.1) is 11.3 Å². The number of thiophene rings is 1. The average molecular weight is 421 g/mol. The van der Waals surface area contributed by atoms with Crippen LogP contribution in [0.15, 0.2) is 51.4 Å². The number of nitrogens with zero attached hydrogens (tertiary/aromatic N) is 2. The van der Waals surface area contributed by atoms with E-state index in [1.54, 1.807) is 11.3 Å². The molecule has 1 aromatic heterocycles. The third-order valence-corrected chi connectivity index (χ3v) is 5.40. The molecule has 0 fully saturated rings. The summed E-state index contributed by atoms with van der Waals surface area (Å²) in [4.78, 5) is 24.4. The second-order valence-corrected chi connectivity index (χ2v) is 7.65. The molecule has 130 valence electrons. The van der Waals surface area contributed by atoms with Gasteiger partial charge in [0.1, 0.15) is 0 Å². The highest BCUT2D eigenvalue weighted by molar-refractivity contribution is 9.10. The lowest BCUT2D eigenvalue weighted by atomic mass is 10.0. The molecule has 1 amide bonds. The summed E-state index contributed by atoms with van der Waals surface area (Å²) < 4.78 is 0.952. The minimum absolute atomic E-state index is 0.0113. The van der Waals surface area contributed by atoms with Crippen molar-refractivity contribution in [1.82, 2.24) is 5.01 Å². The Kier molecular flexibility index (Phi) is 5.65. The molecule has 3 rings (SSSR count). The van der Waals surface area contributed by atoms with Gasteiger partial charge in [-0.25, -0.2) is 5.01 Å². The van der Waals surface area contributed by atoms with Crippen LogP contribution < -0.4 is 0 Å². The molecule has 2 aromatic rings. The molecule has 1 aliphatic heterocycles. The van der Waals surface area contributed by atoms with Gasteiger partial charge in [0.25, 0.3) is 0 Å². The fraction of sp³-hybridized carbons (Fsp3) is 0.278. The van der Waals surface area contributed by atoms with E-state index in [2.05, 4.69) is 21.0 Å². The van der Waals surface area contributed by atoms with E-state index in [4.69, 9.17) is 5.11 Å². The van der Waals surface area contributed by atoms with Crippen molar-refractivity contribution in [1.29, 1.82) is 0 Å². The van der Waals surface area contributed by atoms with Crippen LogP contribution in [0.5, 0.6) is 0 Å². The predicted molar refractivity (Wildman–Crippen MR) is 101 cm³/mol. The molecule has 25 heavy (non-hydrogen) atoms. The Morgan fingerprint density at radius 2 is 2.12 bits per heavy atom. The first-order chi connectivity index (χ1) is 12.0. The SMILES string of the molecule is O=C(O)CCCC(=O)N1N=C(c2cccs2)C[C@@H]1c1cccc(Br)c1. The lowest BCUT2D eigenvalue weighted by Gasteiger charge is -2.22. The summed E-state index contributed by atoms with van der Waals surface area (Å²) in [5, 5.41) is 16.8. The van der Waals surface area contributed by atoms with Crippen molar-refractivity contribution in [3.8, 4) is 0 Å². The molecular formula is C18H17BrN2O3S. The highest BCUT2D eigenvalue weighted by Gasteiger charge is 2.33. The quantitative estimate of drug-likeness (QED) is 0.750. The zero-order valence-electron chi connectivity index (χ0n) is 13.4. The molecule has 5 nitrogen and oxygen atoms in total. The number of hydrogen-bond acceptors (Lipinski definition) is 4. The van der Waals surface area contributed by atoms with Crippen LogP contribution in [0.3, 0.4) is 0 Å². The van der Waals surface area contributed by atoms with Crippen molar-refractivity contribution in [2.24, 2.45) is 5.10 Å². The monoisotopic (exact) mass is 420 g/mol. The molecule has 0 saturated heterocycles. The molecule has 0 radical (unpaired) electrons. The minimum Gasteiger partial charge on any atom is -0.481 e. The number of aliphatic carboxylic acids is 1. The summed E-state index contributed by atoms with van der Waals surface area (Å²) in [7, 11) is 0. The highest BCUT2D eigenvalue weighted by Crippen LogP contribution is 2.35. The first-order valence-corrected chi connectivity index (χ1v) is 9.62. The van der Waals surface area contributed by atoms with Gasteiger partial charge in [-0.05, 0) is 35.6 Å². The maximum Gasteiger partial charge on any atom is 0.303 e. The van der Waals surface area contributed by atoms with E-state index in [0.717, 1.165) is 20.6 Å². The maximum absolute atomic E-state index is 12.6. The normalized spacial score (nSPS) is 16.8. The molecule has 0 unspecified atom stereocenters. The van der Waals surface area contributed by atoms with Crippen molar-refractivity contribution in [2.45, 2.75) is 31.7 Å². The molecule has 0 spiro atoms. The van der Waals surface area contributed by atoms with Gasteiger partial charge < -0.3 is 5.11 Å². The number of halogens is 1. The average Bonchev–Trinajstić information content (AvgIpc) is 3.24. The van der Waals surface area contributed by atoms with Crippen LogP contribution in [0.2, 0.25) is 0 Å². The summed E-state index contributed by atoms with van der Waals surface area (Å²) in [6, 6.07) is 11.7. The van der Waals surface area contributed by atoms with Gasteiger partial charge in [0.15, 0.2) is 0 Å². The van der Waals surface area contributed by atoms with Crippen molar-refractivity contribution in [3.05, 3.63) is 56.7 Å². The zero-order chi connectivity index (χ0) is 17.8. The van der Waals surface area contributed by atoms with E-state index in [1.165, 1.54) is 5.01 Å². The number of carboxylic acids is 1. The van der Waals surface area contributed by atoms with Crippen LogP contribution in [0.25, 0.3) is 0 Å². The highest BCUT2D eigenvalue weighted by atomic mass is 79.9. The number of benzene rings is 1. The van der Waals surface area contributed by atoms with Gasteiger partial charge in [-0.1, -0.05) is 34.1 Å². The Balaban J connectivity index is 1.83. The summed E-state index contributed by atoms with van der Waals surface area (Å²) in [5.74, 6) is -1.03. The molecule has 0 saturated carbocycles. The fourth-order valence-corrected chi connectivity index (χ4v) is 3.95. The zero-order valence-corrected chi connectivity index (χ0v) is 15.8. The molecule has 7 heteroatoms. The molecule has 1 N–H and O–H groups in total. The number of carboxylic acid groups (broad SMARTS) is 1. The number of carbonyl (C=O) groups is 2. The minimum atomic E-state index is -0.888. The Morgan fingerprint density at radius 1 is 1.28 bits per heavy atom. The van der Waals surface area contributed by atoms with Gasteiger partial charge in [0, 0.05) is 23.7 Å². The summed E-state index contributed by atoms with van der Waals surface area (Å²) in [6.45, 7) is 0. The lowest BCUT2D eigenvalue weighted by Crippen LogP contribution is -2.27. The topological polar surface area (TPSA) is 70.0 Å². The van der Waals surface area contributed by atoms with Crippen LogP contribution in [0, 0.1) is 0 Å². The van der Waals surface area contributed by atoms with Crippen molar-refractivity contribution < 1.29 is 14.7 Å². The number of carbonyl (C=O) groups excluding carboxylic acids is 1. The van der Waals surface area contributed by atoms with E-state index in [1.807, 2.05) is 41.8 Å². The molecular weight excluding hydrogens is 404 g/mol. The van der Waals surface area contributed by atoms with Gasteiger partial charge >= 0.3 is 5.97 Å². The van der Waals surface area contributed by atoms with Crippen molar-refractivity contribution >= 4 is 44.9 Å². The third-order valence-electron chi connectivity index (χ3n) is 3.99. The second kappa shape index (κ2) is 7.93. The van der Waals surface area contributed by atoms with Crippen LogP contribution >= 0.6 is 27.3 Å². The molecule has 1 aromatic carbocycles. The van der Waals surface area contributed by atoms with Gasteiger partial charge in [-0.3, -0.25) is 9.59 Å². The van der Waals surface area contributed by atoms with Gasteiger partial charge in [0.05, 0.1) is 16.6 Å². The maximum atomic E-state index is 12.6. The van der Waals surface area contributed by atoms with E-state index in [0.29, 0.717) is 12.8 Å². The van der Waals surface area contributed by atoms with Crippen LogP contribution in [-0.2, 0) is 9.59 Å². The fourth-order valence-electron chi connectivity index (χ4n) is 2.81. The van der Waals surface area contributed by atoms with Crippen molar-refractivity contribution in [3.63, 3.8) is 0 Å². The number of amides is 1. The molecule has 2 heterocycles. The Bertz CT molecular complexity index is 804. The largest absolute Gasteiger partial charge is 0.481 e. The predicted octanol–water partition coefficient (Wildman–Crippen LogP) is 4.44. The van der Waals surface area contributed by atoms with Crippen LogP contribution in [0.1, 0.15) is 42.2 Å². The standard InChI is InChI=1S/C18H17BrN2O3S/c19-13-5-1-4-12(10-13)15-11-14(16-6-3-9-25-16)20-21(15)17(22)7-2-8-18(23)24/h1,3-6,9-10,15H,2,7-8,11H2,(H,23,24)/t15-/m1/s1. The van der Waals surface area contributed by atoms with E-state index in [9.17, 15) is 9.59 Å². The van der Waals surface area contributed by atoms with E-state index < -0.39 is 5.97 Å². The lowest BCUT2D eigenvalue weighted by molar-refractivity contribution is -0.137. The Labute approximate surface area is 158 Å².